The lowest BCUT2D eigenvalue weighted by Crippen LogP contribution is -2.51. The minimum atomic E-state index is -0.201. The van der Waals surface area contributed by atoms with E-state index in [9.17, 15) is 10.1 Å². The molecule has 3 aromatic carbocycles. The fraction of sp³-hybridized carbons (Fsp3) is 0.290. The topological polar surface area (TPSA) is 53.3 Å². The molecule has 1 amide bonds. The maximum atomic E-state index is 13.4. The van der Waals surface area contributed by atoms with E-state index < -0.39 is 0 Å². The molecule has 2 atom stereocenters. The van der Waals surface area contributed by atoms with E-state index in [1.54, 1.807) is 0 Å². The first-order valence-electron chi connectivity index (χ1n) is 12.5. The number of amides is 1. The summed E-state index contributed by atoms with van der Waals surface area (Å²) >= 11 is 0. The van der Waals surface area contributed by atoms with Crippen molar-refractivity contribution in [1.82, 2.24) is 4.90 Å². The lowest BCUT2D eigenvalue weighted by atomic mass is 9.82. The Labute approximate surface area is 206 Å². The summed E-state index contributed by atoms with van der Waals surface area (Å²) in [5, 5.41) is 9.21. The van der Waals surface area contributed by atoms with Crippen LogP contribution in [-0.4, -0.2) is 29.7 Å². The van der Waals surface area contributed by atoms with Crippen molar-refractivity contribution >= 4 is 11.7 Å². The number of benzene rings is 3. The number of carbonyl (C=O) groups is 1. The van der Waals surface area contributed by atoms with Crippen molar-refractivity contribution in [2.24, 2.45) is 0 Å². The van der Waals surface area contributed by atoms with E-state index in [0.717, 1.165) is 31.2 Å². The summed E-state index contributed by atoms with van der Waals surface area (Å²) < 4.78 is 6.03. The van der Waals surface area contributed by atoms with Crippen molar-refractivity contribution in [2.45, 2.75) is 50.6 Å². The van der Waals surface area contributed by atoms with Gasteiger partial charge in [-0.1, -0.05) is 60.7 Å². The molecule has 1 fully saturated rings. The average molecular weight is 461 g/mol. The second-order valence-corrected chi connectivity index (χ2v) is 9.90. The van der Waals surface area contributed by atoms with Gasteiger partial charge in [-0.15, -0.1) is 0 Å². The molecule has 0 N–H and O–H groups in total. The lowest BCUT2D eigenvalue weighted by molar-refractivity contribution is 0.0539. The van der Waals surface area contributed by atoms with Crippen LogP contribution >= 0.6 is 0 Å². The molecule has 3 aromatic rings. The Morgan fingerprint density at radius 2 is 1.71 bits per heavy atom. The number of nitrogens with zero attached hydrogens (tertiary/aromatic N) is 2. The van der Waals surface area contributed by atoms with Crippen LogP contribution in [0.25, 0.3) is 16.7 Å². The number of piperidine rings is 1. The summed E-state index contributed by atoms with van der Waals surface area (Å²) in [4.78, 5) is 15.4. The smallest absolute Gasteiger partial charge is 0.410 e. The minimum Gasteiger partial charge on any atom is -0.448 e. The highest BCUT2D eigenvalue weighted by Gasteiger charge is 2.39. The van der Waals surface area contributed by atoms with Gasteiger partial charge in [0.05, 0.1) is 17.7 Å². The highest BCUT2D eigenvalue weighted by Crippen LogP contribution is 2.45. The molecule has 2 heterocycles. The molecule has 0 spiro atoms. The second kappa shape index (κ2) is 8.74. The van der Waals surface area contributed by atoms with Crippen molar-refractivity contribution in [3.63, 3.8) is 0 Å². The number of nitriles is 1. The fourth-order valence-electron chi connectivity index (χ4n) is 6.28. The van der Waals surface area contributed by atoms with Crippen molar-refractivity contribution in [3.8, 4) is 17.2 Å². The van der Waals surface area contributed by atoms with Crippen LogP contribution < -0.4 is 0 Å². The van der Waals surface area contributed by atoms with E-state index in [1.807, 2.05) is 17.0 Å². The molecule has 0 aromatic heterocycles. The zero-order chi connectivity index (χ0) is 23.9. The van der Waals surface area contributed by atoms with Crippen LogP contribution in [0.5, 0.6) is 0 Å². The van der Waals surface area contributed by atoms with Crippen molar-refractivity contribution in [2.75, 3.05) is 6.61 Å². The van der Waals surface area contributed by atoms with E-state index in [-0.39, 0.29) is 24.1 Å². The molecule has 2 aliphatic heterocycles. The van der Waals surface area contributed by atoms with E-state index >= 15 is 0 Å². The first kappa shape index (κ1) is 21.7. The van der Waals surface area contributed by atoms with Gasteiger partial charge in [0.25, 0.3) is 0 Å². The number of hydrogen-bond acceptors (Lipinski definition) is 3. The molecule has 2 unspecified atom stereocenters. The number of fused-ring (bicyclic) bond motifs is 5. The molecule has 0 radical (unpaired) electrons. The zero-order valence-electron chi connectivity index (χ0n) is 19.9. The van der Waals surface area contributed by atoms with Crippen molar-refractivity contribution < 1.29 is 9.53 Å². The average Bonchev–Trinajstić information content (AvgIpc) is 3.20. The number of rotatable bonds is 3. The fourth-order valence-corrected chi connectivity index (χ4v) is 6.28. The molecule has 0 saturated carbocycles. The van der Waals surface area contributed by atoms with E-state index in [4.69, 9.17) is 4.74 Å². The van der Waals surface area contributed by atoms with E-state index in [1.165, 1.54) is 33.4 Å². The predicted molar refractivity (Wildman–Crippen MR) is 137 cm³/mol. The van der Waals surface area contributed by atoms with Gasteiger partial charge in [0.15, 0.2) is 0 Å². The van der Waals surface area contributed by atoms with Crippen molar-refractivity contribution in [3.05, 3.63) is 101 Å². The number of aryl methyl sites for hydroxylation is 1. The molecule has 4 nitrogen and oxygen atoms in total. The molecular weight excluding hydrogens is 432 g/mol. The monoisotopic (exact) mass is 460 g/mol. The number of carbonyl (C=O) groups excluding carboxylic acids is 1. The first-order valence-corrected chi connectivity index (χ1v) is 12.5. The van der Waals surface area contributed by atoms with Crippen LogP contribution in [0.15, 0.2) is 72.8 Å². The van der Waals surface area contributed by atoms with E-state index in [0.29, 0.717) is 12.2 Å². The van der Waals surface area contributed by atoms with Crippen LogP contribution in [0.3, 0.4) is 0 Å². The molecular formula is C31H28N2O2. The molecule has 1 aliphatic carbocycles. The van der Waals surface area contributed by atoms with Gasteiger partial charge >= 0.3 is 6.09 Å². The minimum absolute atomic E-state index is 0.0585. The molecule has 3 aliphatic rings. The highest BCUT2D eigenvalue weighted by molar-refractivity contribution is 5.79. The SMILES string of the molecule is Cc1cc(C#N)ccc1C1=CC2CCCC(C1)N2C(=O)OCC1c2ccccc2-c2ccccc21. The Morgan fingerprint density at radius 1 is 1.00 bits per heavy atom. The van der Waals surface area contributed by atoms with Crippen LogP contribution in [0.4, 0.5) is 4.79 Å². The van der Waals surface area contributed by atoms with Crippen molar-refractivity contribution in [1.29, 1.82) is 5.26 Å². The van der Waals surface area contributed by atoms with Gasteiger partial charge in [0, 0.05) is 12.0 Å². The summed E-state index contributed by atoms with van der Waals surface area (Å²) in [6, 6.07) is 25.2. The maximum Gasteiger partial charge on any atom is 0.410 e. The summed E-state index contributed by atoms with van der Waals surface area (Å²) in [6.07, 6.45) is 5.96. The van der Waals surface area contributed by atoms with Crippen LogP contribution in [0, 0.1) is 18.3 Å². The third-order valence-electron chi connectivity index (χ3n) is 7.89. The first-order chi connectivity index (χ1) is 17.1. The van der Waals surface area contributed by atoms with Gasteiger partial charge in [-0.25, -0.2) is 4.79 Å². The maximum absolute atomic E-state index is 13.4. The Hall–Kier alpha value is -3.84. The number of hydrogen-bond donors (Lipinski definition) is 0. The Bertz CT molecular complexity index is 1340. The third-order valence-corrected chi connectivity index (χ3v) is 7.89. The standard InChI is InChI=1S/C31H28N2O2/c1-20-15-21(18-32)13-14-25(20)22-16-23-7-6-8-24(17-22)33(23)31(34)35-19-30-28-11-4-2-9-26(28)27-10-3-5-12-29(27)30/h2-5,9-16,23-24,30H,6-8,17,19H2,1H3. The van der Waals surface area contributed by atoms with E-state index in [2.05, 4.69) is 73.7 Å². The molecule has 4 heteroatoms. The molecule has 6 rings (SSSR count). The number of ether oxygens (including phenoxy) is 1. The molecule has 2 bridgehead atoms. The van der Waals surface area contributed by atoms with Crippen LogP contribution in [0.1, 0.15) is 59.4 Å². The second-order valence-electron chi connectivity index (χ2n) is 9.90. The van der Waals surface area contributed by atoms with Crippen LogP contribution in [-0.2, 0) is 4.74 Å². The summed E-state index contributed by atoms with van der Waals surface area (Å²) in [5.74, 6) is 0.0726. The Kier molecular flexibility index (Phi) is 5.41. The molecule has 35 heavy (non-hydrogen) atoms. The van der Waals surface area contributed by atoms with Crippen LogP contribution in [0.2, 0.25) is 0 Å². The molecule has 174 valence electrons. The molecule has 1 saturated heterocycles. The normalized spacial score (nSPS) is 20.5. The van der Waals surface area contributed by atoms with Gasteiger partial charge in [0.2, 0.25) is 0 Å². The zero-order valence-corrected chi connectivity index (χ0v) is 19.9. The highest BCUT2D eigenvalue weighted by atomic mass is 16.6. The largest absolute Gasteiger partial charge is 0.448 e. The third kappa shape index (κ3) is 3.72. The van der Waals surface area contributed by atoms with Gasteiger partial charge in [-0.2, -0.15) is 5.26 Å². The van der Waals surface area contributed by atoms with Gasteiger partial charge in [-0.05, 0) is 83.7 Å². The summed E-state index contributed by atoms with van der Waals surface area (Å²) in [6.45, 7) is 2.42. The Morgan fingerprint density at radius 3 is 2.37 bits per heavy atom. The summed E-state index contributed by atoms with van der Waals surface area (Å²) in [5.41, 5.74) is 9.22. The lowest BCUT2D eigenvalue weighted by Gasteiger charge is -2.44. The van der Waals surface area contributed by atoms with Gasteiger partial charge < -0.3 is 4.74 Å². The quantitative estimate of drug-likeness (QED) is 0.431. The predicted octanol–water partition coefficient (Wildman–Crippen LogP) is 6.83. The van der Waals surface area contributed by atoms with Gasteiger partial charge in [0.1, 0.15) is 6.61 Å². The van der Waals surface area contributed by atoms with Gasteiger partial charge in [-0.3, -0.25) is 4.90 Å². The Balaban J connectivity index is 1.22. The summed E-state index contributed by atoms with van der Waals surface area (Å²) in [7, 11) is 0.